The number of rotatable bonds is 36. The number of hydrogen-bond acceptors (Lipinski definition) is 16. The van der Waals surface area contributed by atoms with Gasteiger partial charge in [-0.15, -0.1) is 0 Å². The third kappa shape index (κ3) is 23.1. The Kier molecular flexibility index (Phi) is 27.6. The van der Waals surface area contributed by atoms with Gasteiger partial charge in [0, 0.05) is 31.1 Å². The van der Waals surface area contributed by atoms with Crippen LogP contribution in [0.3, 0.4) is 0 Å². The van der Waals surface area contributed by atoms with E-state index in [-0.39, 0.29) is 25.7 Å². The molecule has 0 aromatic carbocycles. The minimum atomic E-state index is -2.56. The molecule has 0 aliphatic carbocycles. The zero-order valence-electron chi connectivity index (χ0n) is 40.4. The largest absolute Gasteiger partial charge is 0.463 e. The van der Waals surface area contributed by atoms with E-state index in [4.69, 9.17) is 33.9 Å². The van der Waals surface area contributed by atoms with Crippen molar-refractivity contribution < 1.29 is 83.7 Å². The molecule has 6 unspecified atom stereocenters. The molecule has 6 N–H and O–H groups in total. The molecule has 1 rings (SSSR count). The summed E-state index contributed by atoms with van der Waals surface area (Å²) in [5.74, 6) is -4.47. The van der Waals surface area contributed by atoms with Crippen molar-refractivity contribution in [1.82, 2.24) is 0 Å². The van der Waals surface area contributed by atoms with Crippen LogP contribution < -0.4 is 0 Å². The quantitative estimate of drug-likeness (QED) is 0.0205. The van der Waals surface area contributed by atoms with E-state index in [0.717, 1.165) is 64.2 Å². The smallest absolute Gasteiger partial charge is 0.306 e. The monoisotopic (exact) mass is 869 g/mol. The molecule has 60 heavy (non-hydrogen) atoms. The number of esters is 4. The third-order valence-corrected chi connectivity index (χ3v) is 10.1. The van der Waals surface area contributed by atoms with E-state index in [1.54, 1.807) is 0 Å². The Hall–Kier alpha value is -2.44. The van der Waals surface area contributed by atoms with Crippen molar-refractivity contribution >= 4 is 23.9 Å². The lowest BCUT2D eigenvalue weighted by molar-refractivity contribution is -0.349. The van der Waals surface area contributed by atoms with Gasteiger partial charge in [-0.2, -0.15) is 0 Å². The lowest BCUT2D eigenvalue weighted by Crippen LogP contribution is -2.64. The number of unbranched alkanes of at least 4 members (excludes halogenated alkanes) is 12. The van der Waals surface area contributed by atoms with Crippen LogP contribution in [0.15, 0.2) is 0 Å². The highest BCUT2D eigenvalue weighted by Crippen LogP contribution is 2.32. The average molecular weight is 869 g/mol. The number of carbonyl (C=O) groups excluding carboxylic acids is 4. The highest BCUT2D eigenvalue weighted by atomic mass is 16.8. The summed E-state index contributed by atoms with van der Waals surface area (Å²) in [6, 6.07) is 0. The number of ether oxygens (including phenoxy) is 6. The van der Waals surface area contributed by atoms with Crippen LogP contribution >= 0.6 is 0 Å². The zero-order valence-corrected chi connectivity index (χ0v) is 36.4. The van der Waals surface area contributed by atoms with Crippen LogP contribution in [0.1, 0.15) is 187 Å². The average Bonchev–Trinajstić information content (AvgIpc) is 3.28. The third-order valence-electron chi connectivity index (χ3n) is 10.1. The number of hydrogen-bond donors (Lipinski definition) is 6. The van der Waals surface area contributed by atoms with Gasteiger partial charge in [0.15, 0.2) is 24.6 Å². The van der Waals surface area contributed by atoms with Crippen molar-refractivity contribution in [2.24, 2.45) is 0 Å². The molecule has 16 heteroatoms. The molecule has 1 saturated heterocycles. The van der Waals surface area contributed by atoms with E-state index in [2.05, 4.69) is 0 Å². The maximum atomic E-state index is 13.8. The molecule has 1 fully saturated rings. The standard InChI is InChI=1S/C44H80O16/c1-5-9-13-17-21-25-33(47)55-30-32-40(57-34(48)26-22-18-14-10-6-2)41(58-35(49)27-23-19-15-11-7-3)42(59-36(50)28-24-20-16-12-8-4)44(56-32)60-43(54)39(53)38(52)37(51)31(46)29-45/h31-32,37-46,51-54H,5-30H2,1-4H3/t31-,32-,37-,38+,39+,40-,41+,42+,43?,44?/m1/s1/i25D,26D,27D,28D/t25?,26?,27?,28?,31-,32-,37-,38+,39+,40-,41+,42+,43?,44?. The van der Waals surface area contributed by atoms with Gasteiger partial charge in [0.25, 0.3) is 0 Å². The maximum Gasteiger partial charge on any atom is 0.306 e. The maximum absolute atomic E-state index is 13.8. The lowest BCUT2D eigenvalue weighted by atomic mass is 9.97. The molecule has 14 atom stereocenters. The molecular formula is C44H80O16. The van der Waals surface area contributed by atoms with Crippen LogP contribution in [-0.4, -0.2) is 129 Å². The van der Waals surface area contributed by atoms with Gasteiger partial charge in [-0.05, 0) is 25.7 Å². The van der Waals surface area contributed by atoms with Gasteiger partial charge in [0.2, 0.25) is 6.29 Å². The van der Waals surface area contributed by atoms with Crippen LogP contribution in [-0.2, 0) is 47.6 Å². The molecule has 1 heterocycles. The minimum Gasteiger partial charge on any atom is -0.463 e. The Morgan fingerprint density at radius 2 is 0.900 bits per heavy atom. The van der Waals surface area contributed by atoms with Crippen LogP contribution in [0.2, 0.25) is 0 Å². The minimum absolute atomic E-state index is 0.0375. The summed E-state index contributed by atoms with van der Waals surface area (Å²) in [6.45, 7) is 6.10. The predicted molar refractivity (Wildman–Crippen MR) is 221 cm³/mol. The fraction of sp³-hybridized carbons (Fsp3) is 0.909. The number of aliphatic hydroxyl groups is 6. The summed E-state index contributed by atoms with van der Waals surface area (Å²) in [6.07, 6.45) is -15.0. The first-order valence-electron chi connectivity index (χ1n) is 24.6. The Balaban J connectivity index is 3.88. The molecule has 1 aliphatic heterocycles. The van der Waals surface area contributed by atoms with Crippen molar-refractivity contribution in [1.29, 1.82) is 0 Å². The second-order valence-corrected chi connectivity index (χ2v) is 15.3. The van der Waals surface area contributed by atoms with E-state index in [0.29, 0.717) is 38.5 Å². The molecule has 16 nitrogen and oxygen atoms in total. The summed E-state index contributed by atoms with van der Waals surface area (Å²) < 4.78 is 68.7. The molecule has 1 aliphatic rings. The Morgan fingerprint density at radius 1 is 0.517 bits per heavy atom. The first-order valence-corrected chi connectivity index (χ1v) is 22.3. The fourth-order valence-corrected chi connectivity index (χ4v) is 6.38. The lowest BCUT2D eigenvalue weighted by Gasteiger charge is -2.45. The summed E-state index contributed by atoms with van der Waals surface area (Å²) in [4.78, 5) is 54.2. The Labute approximate surface area is 363 Å². The zero-order chi connectivity index (χ0) is 48.2. The number of carbonyl (C=O) groups is 4. The van der Waals surface area contributed by atoms with Gasteiger partial charge in [0.1, 0.15) is 37.1 Å². The first kappa shape index (κ1) is 48.6. The molecule has 0 aromatic rings. The molecule has 0 spiro atoms. The number of aliphatic hydroxyl groups excluding tert-OH is 6. The predicted octanol–water partition coefficient (Wildman–Crippen LogP) is 5.20. The van der Waals surface area contributed by atoms with E-state index in [1.165, 1.54) is 0 Å². The normalized spacial score (nSPS) is 24.7. The summed E-state index contributed by atoms with van der Waals surface area (Å²) in [5.41, 5.74) is 0. The molecule has 352 valence electrons. The van der Waals surface area contributed by atoms with E-state index >= 15 is 0 Å². The van der Waals surface area contributed by atoms with Crippen molar-refractivity contribution in [3.05, 3.63) is 0 Å². The Morgan fingerprint density at radius 3 is 1.32 bits per heavy atom. The van der Waals surface area contributed by atoms with E-state index in [9.17, 15) is 49.8 Å². The van der Waals surface area contributed by atoms with Crippen LogP contribution in [0.5, 0.6) is 0 Å². The van der Waals surface area contributed by atoms with Crippen molar-refractivity contribution in [3.8, 4) is 0 Å². The van der Waals surface area contributed by atoms with Gasteiger partial charge in [-0.1, -0.05) is 130 Å². The SMILES string of the molecule is [2H]C(CCCCCC)C(=O)OC[C@H]1OC(OC(O)[C@@H](O)[C@@H](O)[C@H](O)[C@H](O)CO)[C@@H](OC(=O)C([2H])CCCCCC)[C@@H](OC(=O)C([2H])CCCCCC)[C@@H]1OC(=O)C([2H])CCCCCC. The molecule has 0 bridgehead atoms. The van der Waals surface area contributed by atoms with E-state index in [1.807, 2.05) is 27.7 Å². The second kappa shape index (κ2) is 34.1. The highest BCUT2D eigenvalue weighted by molar-refractivity contribution is 5.72. The van der Waals surface area contributed by atoms with Gasteiger partial charge in [0.05, 0.1) is 6.61 Å². The molecular weight excluding hydrogens is 784 g/mol. The Bertz CT molecular complexity index is 1290. The van der Waals surface area contributed by atoms with Crippen LogP contribution in [0, 0.1) is 0 Å². The topological polar surface area (TPSA) is 245 Å². The summed E-state index contributed by atoms with van der Waals surface area (Å²) in [5, 5.41) is 61.8. The fourth-order valence-electron chi connectivity index (χ4n) is 6.38. The van der Waals surface area contributed by atoms with Crippen molar-refractivity contribution in [3.63, 3.8) is 0 Å². The van der Waals surface area contributed by atoms with Gasteiger partial charge in [-0.3, -0.25) is 19.2 Å². The van der Waals surface area contributed by atoms with Crippen LogP contribution in [0.25, 0.3) is 0 Å². The molecule has 0 aromatic heterocycles. The van der Waals surface area contributed by atoms with Crippen molar-refractivity contribution in [2.75, 3.05) is 13.2 Å². The molecule has 0 saturated carbocycles. The van der Waals surface area contributed by atoms with Gasteiger partial charge < -0.3 is 59.1 Å². The summed E-state index contributed by atoms with van der Waals surface area (Å²) >= 11 is 0. The second-order valence-electron chi connectivity index (χ2n) is 15.3. The highest BCUT2D eigenvalue weighted by Gasteiger charge is 2.54. The van der Waals surface area contributed by atoms with Gasteiger partial charge >= 0.3 is 23.9 Å². The van der Waals surface area contributed by atoms with E-state index < -0.39 is 124 Å². The van der Waals surface area contributed by atoms with Gasteiger partial charge in [-0.25, -0.2) is 0 Å². The molecule has 0 amide bonds. The van der Waals surface area contributed by atoms with Crippen molar-refractivity contribution in [2.45, 2.75) is 243 Å². The first-order chi connectivity index (χ1) is 30.5. The summed E-state index contributed by atoms with van der Waals surface area (Å²) in [7, 11) is 0. The molecule has 0 radical (unpaired) electrons. The van der Waals surface area contributed by atoms with Crippen LogP contribution in [0.4, 0.5) is 0 Å².